The first kappa shape index (κ1) is 21.9. The molecule has 2 aromatic carbocycles. The van der Waals surface area contributed by atoms with E-state index in [1.54, 1.807) is 30.3 Å². The SMILES string of the molecule is CN(C)S(=O)(=O)c1ccc(N2CCCCC2)c(C(=O)Nc2cc(Cl)ccc2Cl)c1. The third-order valence-corrected chi connectivity index (χ3v) is 7.24. The molecule has 0 saturated carbocycles. The van der Waals surface area contributed by atoms with Gasteiger partial charge in [-0.2, -0.15) is 0 Å². The Kier molecular flexibility index (Phi) is 6.73. The summed E-state index contributed by atoms with van der Waals surface area (Å²) in [4.78, 5) is 15.3. The second kappa shape index (κ2) is 8.92. The average molecular weight is 456 g/mol. The van der Waals surface area contributed by atoms with Crippen LogP contribution in [0.1, 0.15) is 29.6 Å². The number of nitrogens with zero attached hydrogens (tertiary/aromatic N) is 2. The largest absolute Gasteiger partial charge is 0.371 e. The van der Waals surface area contributed by atoms with E-state index < -0.39 is 15.9 Å². The van der Waals surface area contributed by atoms with E-state index in [1.807, 2.05) is 0 Å². The van der Waals surface area contributed by atoms with Crippen LogP contribution in [0.4, 0.5) is 11.4 Å². The van der Waals surface area contributed by atoms with E-state index in [9.17, 15) is 13.2 Å². The topological polar surface area (TPSA) is 69.7 Å². The number of nitrogens with one attached hydrogen (secondary N) is 1. The first-order valence-electron chi connectivity index (χ1n) is 9.28. The molecule has 1 aliphatic heterocycles. The van der Waals surface area contributed by atoms with Crippen molar-refractivity contribution >= 4 is 50.5 Å². The smallest absolute Gasteiger partial charge is 0.257 e. The predicted molar refractivity (Wildman–Crippen MR) is 118 cm³/mol. The summed E-state index contributed by atoms with van der Waals surface area (Å²) in [6, 6.07) is 9.45. The number of rotatable bonds is 5. The predicted octanol–water partition coefficient (Wildman–Crippen LogP) is 4.49. The van der Waals surface area contributed by atoms with Crippen molar-refractivity contribution in [1.82, 2.24) is 4.31 Å². The van der Waals surface area contributed by atoms with Crippen LogP contribution in [0.3, 0.4) is 0 Å². The van der Waals surface area contributed by atoms with E-state index in [1.165, 1.54) is 20.2 Å². The van der Waals surface area contributed by atoms with Crippen LogP contribution in [0.2, 0.25) is 10.0 Å². The lowest BCUT2D eigenvalue weighted by Gasteiger charge is -2.30. The molecule has 0 aromatic heterocycles. The maximum absolute atomic E-state index is 13.1. The molecule has 0 unspecified atom stereocenters. The van der Waals surface area contributed by atoms with Gasteiger partial charge in [-0.1, -0.05) is 23.2 Å². The normalized spacial score (nSPS) is 14.9. The number of anilines is 2. The van der Waals surface area contributed by atoms with Gasteiger partial charge in [0.25, 0.3) is 5.91 Å². The van der Waals surface area contributed by atoms with Crippen molar-refractivity contribution in [3.63, 3.8) is 0 Å². The molecule has 29 heavy (non-hydrogen) atoms. The minimum Gasteiger partial charge on any atom is -0.371 e. The summed E-state index contributed by atoms with van der Waals surface area (Å²) in [7, 11) is -0.765. The number of hydrogen-bond acceptors (Lipinski definition) is 4. The van der Waals surface area contributed by atoms with Gasteiger partial charge in [0.2, 0.25) is 10.0 Å². The van der Waals surface area contributed by atoms with Crippen LogP contribution in [0, 0.1) is 0 Å². The van der Waals surface area contributed by atoms with Gasteiger partial charge < -0.3 is 10.2 Å². The maximum atomic E-state index is 13.1. The lowest BCUT2D eigenvalue weighted by atomic mass is 10.1. The third kappa shape index (κ3) is 4.86. The van der Waals surface area contributed by atoms with Crippen molar-refractivity contribution < 1.29 is 13.2 Å². The molecule has 1 N–H and O–H groups in total. The lowest BCUT2D eigenvalue weighted by molar-refractivity contribution is 0.102. The second-order valence-electron chi connectivity index (χ2n) is 7.09. The summed E-state index contributed by atoms with van der Waals surface area (Å²) < 4.78 is 26.3. The van der Waals surface area contributed by atoms with Crippen LogP contribution < -0.4 is 10.2 Å². The Bertz CT molecular complexity index is 1020. The van der Waals surface area contributed by atoms with E-state index in [4.69, 9.17) is 23.2 Å². The van der Waals surface area contributed by atoms with E-state index in [-0.39, 0.29) is 10.5 Å². The number of piperidine rings is 1. The van der Waals surface area contributed by atoms with Crippen LogP contribution in [0.5, 0.6) is 0 Å². The summed E-state index contributed by atoms with van der Waals surface area (Å²) in [5, 5.41) is 3.55. The number of hydrogen-bond donors (Lipinski definition) is 1. The molecule has 0 atom stereocenters. The van der Waals surface area contributed by atoms with Crippen LogP contribution in [0.15, 0.2) is 41.3 Å². The molecule has 0 spiro atoms. The van der Waals surface area contributed by atoms with Crippen molar-refractivity contribution in [1.29, 1.82) is 0 Å². The minimum absolute atomic E-state index is 0.0607. The van der Waals surface area contributed by atoms with Crippen molar-refractivity contribution in [2.75, 3.05) is 37.4 Å². The molecular formula is C20H23Cl2N3O3S. The van der Waals surface area contributed by atoms with Crippen LogP contribution in [-0.2, 0) is 10.0 Å². The van der Waals surface area contributed by atoms with E-state index in [2.05, 4.69) is 10.2 Å². The van der Waals surface area contributed by atoms with Crippen LogP contribution in [-0.4, -0.2) is 45.8 Å². The lowest BCUT2D eigenvalue weighted by Crippen LogP contribution is -2.32. The standard InChI is InChI=1S/C20H23Cl2N3O3S/c1-24(2)29(27,28)15-7-9-19(25-10-4-3-5-11-25)16(13-15)20(26)23-18-12-14(21)6-8-17(18)22/h6-9,12-13H,3-5,10-11H2,1-2H3,(H,23,26). The zero-order valence-corrected chi connectivity index (χ0v) is 18.6. The molecule has 2 aromatic rings. The summed E-state index contributed by atoms with van der Waals surface area (Å²) in [5.41, 5.74) is 1.36. The molecule has 0 aliphatic carbocycles. The fourth-order valence-electron chi connectivity index (χ4n) is 3.26. The van der Waals surface area contributed by atoms with E-state index in [0.717, 1.165) is 36.7 Å². The molecule has 1 heterocycles. The summed E-state index contributed by atoms with van der Waals surface area (Å²) in [6.07, 6.45) is 3.20. The molecule has 9 heteroatoms. The summed E-state index contributed by atoms with van der Waals surface area (Å²) in [5.74, 6) is -0.439. The number of halogens is 2. The fraction of sp³-hybridized carbons (Fsp3) is 0.350. The van der Waals surface area contributed by atoms with Gasteiger partial charge in [0, 0.05) is 37.9 Å². The Morgan fingerprint density at radius 3 is 2.38 bits per heavy atom. The number of sulfonamides is 1. The van der Waals surface area contributed by atoms with Gasteiger partial charge in [-0.3, -0.25) is 4.79 Å². The van der Waals surface area contributed by atoms with Gasteiger partial charge >= 0.3 is 0 Å². The van der Waals surface area contributed by atoms with Crippen molar-refractivity contribution in [2.24, 2.45) is 0 Å². The Morgan fingerprint density at radius 2 is 1.72 bits per heavy atom. The molecule has 1 aliphatic rings. The van der Waals surface area contributed by atoms with Gasteiger partial charge in [0.05, 0.1) is 21.2 Å². The molecule has 0 bridgehead atoms. The maximum Gasteiger partial charge on any atom is 0.257 e. The van der Waals surface area contributed by atoms with Crippen molar-refractivity contribution in [2.45, 2.75) is 24.2 Å². The highest BCUT2D eigenvalue weighted by atomic mass is 35.5. The average Bonchev–Trinajstić information content (AvgIpc) is 2.70. The highest BCUT2D eigenvalue weighted by molar-refractivity contribution is 7.89. The van der Waals surface area contributed by atoms with Gasteiger partial charge in [0.15, 0.2) is 0 Å². The first-order valence-corrected chi connectivity index (χ1v) is 11.5. The minimum atomic E-state index is -3.68. The molecule has 3 rings (SSSR count). The van der Waals surface area contributed by atoms with Gasteiger partial charge in [-0.25, -0.2) is 12.7 Å². The highest BCUT2D eigenvalue weighted by Gasteiger charge is 2.24. The Labute approximate surface area is 181 Å². The van der Waals surface area contributed by atoms with E-state index in [0.29, 0.717) is 21.4 Å². The molecular weight excluding hydrogens is 433 g/mol. The molecule has 1 saturated heterocycles. The Hall–Kier alpha value is -1.80. The van der Waals surface area contributed by atoms with E-state index >= 15 is 0 Å². The van der Waals surface area contributed by atoms with Gasteiger partial charge in [0.1, 0.15) is 0 Å². The number of carbonyl (C=O) groups is 1. The quantitative estimate of drug-likeness (QED) is 0.720. The van der Waals surface area contributed by atoms with Crippen molar-refractivity contribution in [3.05, 3.63) is 52.0 Å². The number of benzene rings is 2. The number of carbonyl (C=O) groups excluding carboxylic acids is 1. The fourth-order valence-corrected chi connectivity index (χ4v) is 4.53. The summed E-state index contributed by atoms with van der Waals surface area (Å²) in [6.45, 7) is 1.63. The molecule has 1 amide bonds. The van der Waals surface area contributed by atoms with Gasteiger partial charge in [-0.15, -0.1) is 0 Å². The molecule has 1 fully saturated rings. The molecule has 0 radical (unpaired) electrons. The van der Waals surface area contributed by atoms with Crippen molar-refractivity contribution in [3.8, 4) is 0 Å². The van der Waals surface area contributed by atoms with Crippen LogP contribution >= 0.6 is 23.2 Å². The Morgan fingerprint density at radius 1 is 1.03 bits per heavy atom. The summed E-state index contributed by atoms with van der Waals surface area (Å²) >= 11 is 12.2. The monoisotopic (exact) mass is 455 g/mol. The zero-order chi connectivity index (χ0) is 21.2. The zero-order valence-electron chi connectivity index (χ0n) is 16.3. The van der Waals surface area contributed by atoms with Gasteiger partial charge in [-0.05, 0) is 55.7 Å². The second-order valence-corrected chi connectivity index (χ2v) is 10.1. The van der Waals surface area contributed by atoms with Crippen LogP contribution in [0.25, 0.3) is 0 Å². The molecule has 6 nitrogen and oxygen atoms in total. The number of amides is 1. The Balaban J connectivity index is 2.04. The third-order valence-electron chi connectivity index (χ3n) is 4.86. The molecule has 156 valence electrons. The highest BCUT2D eigenvalue weighted by Crippen LogP contribution is 2.30. The first-order chi connectivity index (χ1) is 13.7.